The van der Waals surface area contributed by atoms with Crippen LogP contribution < -0.4 is 15.4 Å². The molecule has 1 aliphatic rings. The number of benzene rings is 1. The molecule has 0 aliphatic carbocycles. The highest BCUT2D eigenvalue weighted by Gasteiger charge is 2.24. The fourth-order valence-electron chi connectivity index (χ4n) is 4.00. The summed E-state index contributed by atoms with van der Waals surface area (Å²) in [5.74, 6) is 1.70. The van der Waals surface area contributed by atoms with Gasteiger partial charge in [0.2, 0.25) is 11.7 Å². The van der Waals surface area contributed by atoms with Gasteiger partial charge in [-0.05, 0) is 73.7 Å². The first-order valence-electron chi connectivity index (χ1n) is 12.3. The maximum atomic E-state index is 13.0. The molecule has 1 aromatic carbocycles. The number of aromatic nitrogens is 3. The molecular weight excluding hydrogens is 494 g/mol. The Hall–Kier alpha value is -4.15. The van der Waals surface area contributed by atoms with Crippen LogP contribution in [0.3, 0.4) is 0 Å². The summed E-state index contributed by atoms with van der Waals surface area (Å²) in [6.45, 7) is 6.00. The van der Waals surface area contributed by atoms with E-state index in [0.29, 0.717) is 49.5 Å². The standard InChI is InChI=1S/C27H30F2N6O3/c1-17-14-23(26-34-25(35-38-26)20-6-8-22(9-7-20)37-27(3,28)29)33-16-21(17)5-4-19-10-11-31-24(15-19)32-13-12-30-18(2)36/h6-11,14-15,21H,4-5,12-13,16H2,1-3H3,(H,30,36)(H,31,32)/t21-/m0/s1. The lowest BCUT2D eigenvalue weighted by molar-refractivity contribution is -0.158. The number of anilines is 1. The van der Waals surface area contributed by atoms with Crippen molar-refractivity contribution in [3.63, 3.8) is 0 Å². The van der Waals surface area contributed by atoms with E-state index in [4.69, 9.17) is 4.52 Å². The SMILES string of the molecule is CC(=O)NCCNc1cc(CC[C@H]2CN=C(c3nc(-c4ccc(OC(C)(F)F)cc4)no3)C=C2C)ccn1. The zero-order valence-electron chi connectivity index (χ0n) is 21.5. The van der Waals surface area contributed by atoms with Crippen LogP contribution in [0.5, 0.6) is 5.75 Å². The number of carbonyl (C=O) groups excluding carboxylic acids is 1. The number of alkyl halides is 2. The van der Waals surface area contributed by atoms with Gasteiger partial charge in [-0.2, -0.15) is 13.8 Å². The van der Waals surface area contributed by atoms with Gasteiger partial charge in [-0.1, -0.05) is 10.7 Å². The van der Waals surface area contributed by atoms with Crippen LogP contribution in [-0.4, -0.2) is 52.5 Å². The third kappa shape index (κ3) is 7.67. The van der Waals surface area contributed by atoms with Crippen molar-refractivity contribution in [1.82, 2.24) is 20.4 Å². The minimum atomic E-state index is -3.25. The summed E-state index contributed by atoms with van der Waals surface area (Å²) in [7, 11) is 0. The van der Waals surface area contributed by atoms with Crippen LogP contribution in [0, 0.1) is 5.92 Å². The normalized spacial score (nSPS) is 15.4. The van der Waals surface area contributed by atoms with Gasteiger partial charge in [0.1, 0.15) is 17.3 Å². The van der Waals surface area contributed by atoms with E-state index in [9.17, 15) is 13.6 Å². The minimum absolute atomic E-state index is 0.0486. The predicted molar refractivity (Wildman–Crippen MR) is 139 cm³/mol. The summed E-state index contributed by atoms with van der Waals surface area (Å²) in [5.41, 5.74) is 3.59. The van der Waals surface area contributed by atoms with Gasteiger partial charge in [0.25, 0.3) is 5.89 Å². The number of aliphatic imine (C=N–C) groups is 1. The number of rotatable bonds is 11. The zero-order valence-corrected chi connectivity index (χ0v) is 21.5. The van der Waals surface area contributed by atoms with Crippen LogP contribution in [0.25, 0.3) is 11.4 Å². The minimum Gasteiger partial charge on any atom is -0.433 e. The predicted octanol–water partition coefficient (Wildman–Crippen LogP) is 4.67. The maximum Gasteiger partial charge on any atom is 0.394 e. The summed E-state index contributed by atoms with van der Waals surface area (Å²) in [6, 6.07) is 10.1. The van der Waals surface area contributed by atoms with Gasteiger partial charge in [-0.15, -0.1) is 0 Å². The first-order chi connectivity index (χ1) is 18.2. The van der Waals surface area contributed by atoms with Crippen LogP contribution in [-0.2, 0) is 11.2 Å². The fraction of sp³-hybridized carbons (Fsp3) is 0.370. The number of pyridine rings is 1. The van der Waals surface area contributed by atoms with Crippen molar-refractivity contribution in [3.05, 3.63) is 65.7 Å². The molecule has 2 N–H and O–H groups in total. The second kappa shape index (κ2) is 11.9. The number of hydrogen-bond acceptors (Lipinski definition) is 8. The van der Waals surface area contributed by atoms with Gasteiger partial charge in [-0.25, -0.2) is 4.98 Å². The molecule has 11 heteroatoms. The van der Waals surface area contributed by atoms with E-state index < -0.39 is 6.11 Å². The molecule has 3 aromatic rings. The number of carbonyl (C=O) groups is 1. The van der Waals surface area contributed by atoms with Crippen molar-refractivity contribution < 1.29 is 22.8 Å². The molecule has 9 nitrogen and oxygen atoms in total. The number of nitrogens with zero attached hydrogens (tertiary/aromatic N) is 4. The summed E-state index contributed by atoms with van der Waals surface area (Å²) < 4.78 is 36.0. The van der Waals surface area contributed by atoms with E-state index in [1.54, 1.807) is 18.3 Å². The largest absolute Gasteiger partial charge is 0.433 e. The Labute approximate surface area is 219 Å². The lowest BCUT2D eigenvalue weighted by Gasteiger charge is -2.20. The number of dihydropyridines is 1. The van der Waals surface area contributed by atoms with Crippen LogP contribution in [0.15, 0.2) is 63.8 Å². The highest BCUT2D eigenvalue weighted by Crippen LogP contribution is 2.26. The quantitative estimate of drug-likeness (QED) is 0.350. The first-order valence-corrected chi connectivity index (χ1v) is 12.3. The molecule has 0 saturated carbocycles. The molecule has 0 unspecified atom stereocenters. The molecular formula is C27H30F2N6O3. The molecule has 0 bridgehead atoms. The molecule has 0 radical (unpaired) electrons. The van der Waals surface area contributed by atoms with Gasteiger partial charge in [0.05, 0.1) is 0 Å². The third-order valence-corrected chi connectivity index (χ3v) is 5.96. The molecule has 2 aromatic heterocycles. The summed E-state index contributed by atoms with van der Waals surface area (Å²) in [4.78, 5) is 24.4. The molecule has 0 fully saturated rings. The average molecular weight is 525 g/mol. The monoisotopic (exact) mass is 524 g/mol. The van der Waals surface area contributed by atoms with Crippen LogP contribution in [0.2, 0.25) is 0 Å². The van der Waals surface area contributed by atoms with Gasteiger partial charge < -0.3 is 19.9 Å². The molecule has 200 valence electrons. The summed E-state index contributed by atoms with van der Waals surface area (Å²) in [6.07, 6.45) is 2.29. The lowest BCUT2D eigenvalue weighted by atomic mass is 9.90. The number of nitrogens with one attached hydrogen (secondary N) is 2. The molecule has 0 spiro atoms. The number of aryl methyl sites for hydroxylation is 1. The third-order valence-electron chi connectivity index (χ3n) is 5.96. The second-order valence-electron chi connectivity index (χ2n) is 9.17. The Morgan fingerprint density at radius 1 is 1.21 bits per heavy atom. The van der Waals surface area contributed by atoms with E-state index in [1.165, 1.54) is 30.2 Å². The van der Waals surface area contributed by atoms with Crippen molar-refractivity contribution in [3.8, 4) is 17.1 Å². The molecule has 4 rings (SSSR count). The van der Waals surface area contributed by atoms with Crippen LogP contribution >= 0.6 is 0 Å². The van der Waals surface area contributed by atoms with Crippen molar-refractivity contribution >= 4 is 17.4 Å². The lowest BCUT2D eigenvalue weighted by Crippen LogP contribution is -2.26. The molecule has 38 heavy (non-hydrogen) atoms. The number of ether oxygens (including phenoxy) is 1. The van der Waals surface area contributed by atoms with Crippen molar-refractivity contribution in [2.45, 2.75) is 39.7 Å². The smallest absolute Gasteiger partial charge is 0.394 e. The van der Waals surface area contributed by atoms with E-state index in [2.05, 4.69) is 42.4 Å². The Kier molecular flexibility index (Phi) is 8.45. The van der Waals surface area contributed by atoms with Gasteiger partial charge >= 0.3 is 6.11 Å². The summed E-state index contributed by atoms with van der Waals surface area (Å²) >= 11 is 0. The van der Waals surface area contributed by atoms with E-state index >= 15 is 0 Å². The Morgan fingerprint density at radius 2 is 2.00 bits per heavy atom. The van der Waals surface area contributed by atoms with Crippen molar-refractivity contribution in [2.24, 2.45) is 10.9 Å². The number of halogens is 2. The highest BCUT2D eigenvalue weighted by molar-refractivity contribution is 6.06. The molecule has 1 aliphatic heterocycles. The molecule has 3 heterocycles. The number of hydrogen-bond donors (Lipinski definition) is 2. The topological polar surface area (TPSA) is 115 Å². The van der Waals surface area contributed by atoms with Gasteiger partial charge in [0.15, 0.2) is 0 Å². The highest BCUT2D eigenvalue weighted by atomic mass is 19.3. The zero-order chi connectivity index (χ0) is 27.1. The van der Waals surface area contributed by atoms with E-state index in [0.717, 1.165) is 18.7 Å². The fourth-order valence-corrected chi connectivity index (χ4v) is 4.00. The number of allylic oxidation sites excluding steroid dienone is 1. The summed E-state index contributed by atoms with van der Waals surface area (Å²) in [5, 5.41) is 9.98. The molecule has 1 amide bonds. The Morgan fingerprint density at radius 3 is 2.71 bits per heavy atom. The van der Waals surface area contributed by atoms with Crippen molar-refractivity contribution in [2.75, 3.05) is 25.0 Å². The first kappa shape index (κ1) is 26.9. The van der Waals surface area contributed by atoms with Gasteiger partial charge in [0, 0.05) is 45.2 Å². The van der Waals surface area contributed by atoms with Gasteiger partial charge in [-0.3, -0.25) is 9.79 Å². The second-order valence-corrected chi connectivity index (χ2v) is 9.17. The van der Waals surface area contributed by atoms with Crippen LogP contribution in [0.1, 0.15) is 38.6 Å². The Balaban J connectivity index is 1.31. The number of amides is 1. The Bertz CT molecular complexity index is 1310. The van der Waals surface area contributed by atoms with E-state index in [1.807, 2.05) is 18.2 Å². The van der Waals surface area contributed by atoms with Crippen molar-refractivity contribution in [1.29, 1.82) is 0 Å². The molecule has 1 atom stereocenters. The maximum absolute atomic E-state index is 13.0. The van der Waals surface area contributed by atoms with Crippen LogP contribution in [0.4, 0.5) is 14.6 Å². The average Bonchev–Trinajstić information content (AvgIpc) is 3.36. The van der Waals surface area contributed by atoms with E-state index in [-0.39, 0.29) is 17.6 Å². The molecule has 0 saturated heterocycles.